The molecule has 0 amide bonds. The number of thiol groups is 1. The fraction of sp³-hybridized carbons (Fsp3) is 0.471. The second-order valence-electron chi connectivity index (χ2n) is 5.35. The maximum absolute atomic E-state index is 11.7. The van der Waals surface area contributed by atoms with Gasteiger partial charge in [-0.15, -0.1) is 0 Å². The standard InChI is InChI=1S/C17H25NO2S/c1-13(2)18-9-10-20-16-6-4-5-15(11-16)7-8-17(19)14(3)12-21/h4-8,11,13-14,18,21H,9-10,12H2,1-3H3/b8-7+. The Labute approximate surface area is 133 Å². The highest BCUT2D eigenvalue weighted by atomic mass is 32.1. The molecule has 1 aromatic carbocycles. The molecule has 21 heavy (non-hydrogen) atoms. The summed E-state index contributed by atoms with van der Waals surface area (Å²) in [7, 11) is 0. The Morgan fingerprint density at radius 1 is 1.38 bits per heavy atom. The summed E-state index contributed by atoms with van der Waals surface area (Å²) in [5.41, 5.74) is 0.962. The lowest BCUT2D eigenvalue weighted by molar-refractivity contribution is -0.117. The van der Waals surface area contributed by atoms with Gasteiger partial charge in [0, 0.05) is 24.3 Å². The van der Waals surface area contributed by atoms with Crippen molar-refractivity contribution in [2.45, 2.75) is 26.8 Å². The molecule has 116 valence electrons. The molecule has 0 aromatic heterocycles. The highest BCUT2D eigenvalue weighted by Gasteiger charge is 2.06. The van der Waals surface area contributed by atoms with Crippen molar-refractivity contribution in [3.8, 4) is 5.75 Å². The maximum Gasteiger partial charge on any atom is 0.159 e. The number of benzene rings is 1. The Hall–Kier alpha value is -1.26. The first-order chi connectivity index (χ1) is 10.0. The number of rotatable bonds is 9. The van der Waals surface area contributed by atoms with Crippen molar-refractivity contribution >= 4 is 24.5 Å². The van der Waals surface area contributed by atoms with Crippen LogP contribution >= 0.6 is 12.6 Å². The number of ketones is 1. The van der Waals surface area contributed by atoms with Crippen LogP contribution in [0, 0.1) is 5.92 Å². The highest BCUT2D eigenvalue weighted by Crippen LogP contribution is 2.15. The summed E-state index contributed by atoms with van der Waals surface area (Å²) in [6, 6.07) is 8.20. The van der Waals surface area contributed by atoms with Crippen LogP contribution in [-0.4, -0.2) is 30.7 Å². The van der Waals surface area contributed by atoms with E-state index in [1.165, 1.54) is 0 Å². The Kier molecular flexibility index (Phi) is 8.16. The van der Waals surface area contributed by atoms with E-state index in [0.717, 1.165) is 17.9 Å². The van der Waals surface area contributed by atoms with Crippen LogP contribution in [0.15, 0.2) is 30.3 Å². The summed E-state index contributed by atoms with van der Waals surface area (Å²) in [6.45, 7) is 7.53. The molecule has 0 saturated heterocycles. The number of hydrogen-bond donors (Lipinski definition) is 2. The van der Waals surface area contributed by atoms with E-state index in [4.69, 9.17) is 4.74 Å². The van der Waals surface area contributed by atoms with Crippen LogP contribution in [0.25, 0.3) is 6.08 Å². The maximum atomic E-state index is 11.7. The highest BCUT2D eigenvalue weighted by molar-refractivity contribution is 7.80. The molecule has 0 aliphatic heterocycles. The third-order valence-electron chi connectivity index (χ3n) is 2.98. The lowest BCUT2D eigenvalue weighted by Gasteiger charge is -2.10. The predicted molar refractivity (Wildman–Crippen MR) is 92.1 cm³/mol. The van der Waals surface area contributed by atoms with E-state index in [1.807, 2.05) is 37.3 Å². The molecule has 0 heterocycles. The molecular weight excluding hydrogens is 282 g/mol. The average molecular weight is 307 g/mol. The Balaban J connectivity index is 2.52. The first kappa shape index (κ1) is 17.8. The number of nitrogens with one attached hydrogen (secondary N) is 1. The van der Waals surface area contributed by atoms with Crippen molar-refractivity contribution in [3.05, 3.63) is 35.9 Å². The minimum absolute atomic E-state index is 0.0499. The number of allylic oxidation sites excluding steroid dienone is 1. The fourth-order valence-corrected chi connectivity index (χ4v) is 1.84. The quantitative estimate of drug-likeness (QED) is 0.418. The topological polar surface area (TPSA) is 38.3 Å². The second kappa shape index (κ2) is 9.64. The van der Waals surface area contributed by atoms with Crippen LogP contribution in [0.3, 0.4) is 0 Å². The van der Waals surface area contributed by atoms with E-state index >= 15 is 0 Å². The van der Waals surface area contributed by atoms with Crippen LogP contribution in [0.1, 0.15) is 26.3 Å². The van der Waals surface area contributed by atoms with Crippen molar-refractivity contribution in [1.29, 1.82) is 0 Å². The van der Waals surface area contributed by atoms with Gasteiger partial charge in [0.15, 0.2) is 5.78 Å². The minimum Gasteiger partial charge on any atom is -0.492 e. The summed E-state index contributed by atoms with van der Waals surface area (Å²) >= 11 is 4.13. The molecule has 4 heteroatoms. The number of ether oxygens (including phenoxy) is 1. The lowest BCUT2D eigenvalue weighted by Crippen LogP contribution is -2.27. The van der Waals surface area contributed by atoms with Gasteiger partial charge in [0.1, 0.15) is 12.4 Å². The van der Waals surface area contributed by atoms with Gasteiger partial charge in [-0.05, 0) is 23.8 Å². The van der Waals surface area contributed by atoms with Gasteiger partial charge in [0.2, 0.25) is 0 Å². The van der Waals surface area contributed by atoms with Gasteiger partial charge in [-0.25, -0.2) is 0 Å². The van der Waals surface area contributed by atoms with Crippen molar-refractivity contribution < 1.29 is 9.53 Å². The van der Waals surface area contributed by atoms with E-state index in [9.17, 15) is 4.79 Å². The van der Waals surface area contributed by atoms with Crippen molar-refractivity contribution in [3.63, 3.8) is 0 Å². The van der Waals surface area contributed by atoms with Crippen LogP contribution in [0.5, 0.6) is 5.75 Å². The van der Waals surface area contributed by atoms with Gasteiger partial charge in [-0.1, -0.05) is 39.0 Å². The Morgan fingerprint density at radius 3 is 2.81 bits per heavy atom. The zero-order valence-electron chi connectivity index (χ0n) is 13.0. The Bertz CT molecular complexity index is 472. The summed E-state index contributed by atoms with van der Waals surface area (Å²) in [5.74, 6) is 1.43. The van der Waals surface area contributed by atoms with E-state index in [1.54, 1.807) is 6.08 Å². The van der Waals surface area contributed by atoms with E-state index < -0.39 is 0 Å². The van der Waals surface area contributed by atoms with Gasteiger partial charge in [0.05, 0.1) is 0 Å². The van der Waals surface area contributed by atoms with E-state index in [0.29, 0.717) is 18.4 Å². The van der Waals surface area contributed by atoms with Gasteiger partial charge >= 0.3 is 0 Å². The van der Waals surface area contributed by atoms with Gasteiger partial charge in [-0.3, -0.25) is 4.79 Å². The summed E-state index contributed by atoms with van der Waals surface area (Å²) in [4.78, 5) is 11.7. The largest absolute Gasteiger partial charge is 0.492 e. The minimum atomic E-state index is -0.0499. The molecule has 0 saturated carbocycles. The van der Waals surface area contributed by atoms with Crippen LogP contribution in [0.4, 0.5) is 0 Å². The van der Waals surface area contributed by atoms with Crippen LogP contribution in [0.2, 0.25) is 0 Å². The summed E-state index contributed by atoms with van der Waals surface area (Å²) in [5, 5.41) is 3.30. The normalized spacial score (nSPS) is 12.8. The van der Waals surface area contributed by atoms with Crippen molar-refractivity contribution in [2.24, 2.45) is 5.92 Å². The molecule has 1 N–H and O–H groups in total. The van der Waals surface area contributed by atoms with Gasteiger partial charge in [-0.2, -0.15) is 12.6 Å². The van der Waals surface area contributed by atoms with Crippen molar-refractivity contribution in [2.75, 3.05) is 18.9 Å². The third-order valence-corrected chi connectivity index (χ3v) is 3.53. The Morgan fingerprint density at radius 2 is 2.14 bits per heavy atom. The SMILES string of the molecule is CC(C)NCCOc1cccc(/C=C/C(=O)C(C)CS)c1. The molecule has 1 unspecified atom stereocenters. The number of carbonyl (C=O) groups is 1. The van der Waals surface area contributed by atoms with Gasteiger partial charge in [0.25, 0.3) is 0 Å². The first-order valence-corrected chi connectivity index (χ1v) is 7.95. The first-order valence-electron chi connectivity index (χ1n) is 7.32. The summed E-state index contributed by atoms with van der Waals surface area (Å²) in [6.07, 6.45) is 3.43. The molecule has 0 bridgehead atoms. The lowest BCUT2D eigenvalue weighted by atomic mass is 10.1. The molecule has 3 nitrogen and oxygen atoms in total. The van der Waals surface area contributed by atoms with Crippen LogP contribution in [-0.2, 0) is 4.79 Å². The molecule has 1 rings (SSSR count). The number of carbonyl (C=O) groups excluding carboxylic acids is 1. The smallest absolute Gasteiger partial charge is 0.159 e. The molecule has 0 spiro atoms. The molecular formula is C17H25NO2S. The van der Waals surface area contributed by atoms with Crippen LogP contribution < -0.4 is 10.1 Å². The van der Waals surface area contributed by atoms with Gasteiger partial charge < -0.3 is 10.1 Å². The monoisotopic (exact) mass is 307 g/mol. The van der Waals surface area contributed by atoms with E-state index in [2.05, 4.69) is 31.8 Å². The predicted octanol–water partition coefficient (Wildman–Crippen LogP) is 3.21. The van der Waals surface area contributed by atoms with Crippen molar-refractivity contribution in [1.82, 2.24) is 5.32 Å². The average Bonchev–Trinajstić information content (AvgIpc) is 2.48. The molecule has 0 aliphatic rings. The number of hydrogen-bond acceptors (Lipinski definition) is 4. The molecule has 0 radical (unpaired) electrons. The zero-order valence-corrected chi connectivity index (χ0v) is 13.9. The molecule has 1 aromatic rings. The van der Waals surface area contributed by atoms with E-state index in [-0.39, 0.29) is 11.7 Å². The molecule has 0 aliphatic carbocycles. The third kappa shape index (κ3) is 7.34. The molecule has 1 atom stereocenters. The second-order valence-corrected chi connectivity index (χ2v) is 5.71. The summed E-state index contributed by atoms with van der Waals surface area (Å²) < 4.78 is 5.68. The zero-order chi connectivity index (χ0) is 15.7. The molecule has 0 fully saturated rings. The fourth-order valence-electron chi connectivity index (χ4n) is 1.66.